The Bertz CT molecular complexity index is 1390. The average Bonchev–Trinajstić information content (AvgIpc) is 3.26. The number of aromatic nitrogens is 2. The first kappa shape index (κ1) is 32.3. The fourth-order valence-electron chi connectivity index (χ4n) is 5.66. The molecule has 0 saturated carbocycles. The number of carbonyl (C=O) groups is 2. The van der Waals surface area contributed by atoms with E-state index in [-0.39, 0.29) is 30.7 Å². The summed E-state index contributed by atoms with van der Waals surface area (Å²) in [6, 6.07) is 7.87. The number of hydrogen-bond donors (Lipinski definition) is 0. The van der Waals surface area contributed by atoms with Crippen molar-refractivity contribution in [3.63, 3.8) is 0 Å². The number of pyridine rings is 1. The number of nitrogens with zero attached hydrogens (tertiary/aromatic N) is 4. The van der Waals surface area contributed by atoms with Crippen LogP contribution in [0.2, 0.25) is 0 Å². The molecule has 2 amide bonds. The highest BCUT2D eigenvalue weighted by Crippen LogP contribution is 2.37. The number of ether oxygens (including phenoxy) is 3. The van der Waals surface area contributed by atoms with Crippen molar-refractivity contribution in [3.8, 4) is 5.75 Å². The minimum atomic E-state index is -0.614. The second-order valence-electron chi connectivity index (χ2n) is 12.4. The summed E-state index contributed by atoms with van der Waals surface area (Å²) >= 11 is 0. The molecule has 1 saturated heterocycles. The van der Waals surface area contributed by atoms with Crippen molar-refractivity contribution in [2.45, 2.75) is 91.1 Å². The van der Waals surface area contributed by atoms with Crippen molar-refractivity contribution in [1.82, 2.24) is 19.4 Å². The molecular weight excluding hydrogens is 551 g/mol. The van der Waals surface area contributed by atoms with Crippen LogP contribution in [0.5, 0.6) is 5.75 Å². The van der Waals surface area contributed by atoms with E-state index in [9.17, 15) is 14.0 Å². The lowest BCUT2D eigenvalue weighted by Crippen LogP contribution is -2.54. The van der Waals surface area contributed by atoms with Crippen LogP contribution in [0.3, 0.4) is 0 Å². The van der Waals surface area contributed by atoms with E-state index in [0.717, 1.165) is 36.8 Å². The smallest absolute Gasteiger partial charge is 0.410 e. The number of likely N-dealkylation sites (tertiary alicyclic amines) is 1. The summed E-state index contributed by atoms with van der Waals surface area (Å²) in [5.74, 6) is -0.272. The van der Waals surface area contributed by atoms with Crippen molar-refractivity contribution >= 4 is 22.9 Å². The van der Waals surface area contributed by atoms with Gasteiger partial charge >= 0.3 is 6.09 Å². The van der Waals surface area contributed by atoms with Gasteiger partial charge in [0.25, 0.3) is 5.91 Å². The molecule has 0 unspecified atom stereocenters. The molecule has 1 aromatic carbocycles. The molecule has 4 rings (SSSR count). The van der Waals surface area contributed by atoms with Crippen LogP contribution < -0.4 is 4.74 Å². The summed E-state index contributed by atoms with van der Waals surface area (Å²) in [6.45, 7) is 11.7. The molecule has 0 N–H and O–H groups in total. The quantitative estimate of drug-likeness (QED) is 0.237. The standard InChI is InChI=1S/C33H45FN4O5/c1-23(2)38(26-12-10-16-36(21-26)32(40)43-33(3,4)5)31(39)29-30(42-22-24-11-9-15-35-20-24)27-19-25(34)13-14-28(27)37(29)17-7-8-18-41-6/h9,11,13-15,19-20,23,26H,7-8,10,12,16-18,21-22H2,1-6H3/t26-/m1/s1. The summed E-state index contributed by atoms with van der Waals surface area (Å²) in [6.07, 6.45) is 6.07. The summed E-state index contributed by atoms with van der Waals surface area (Å²) in [5.41, 5.74) is 1.33. The van der Waals surface area contributed by atoms with Gasteiger partial charge in [0.1, 0.15) is 18.0 Å². The summed E-state index contributed by atoms with van der Waals surface area (Å²) in [7, 11) is 1.67. The fraction of sp³-hybridized carbons (Fsp3) is 0.545. The number of hydrogen-bond acceptors (Lipinski definition) is 6. The van der Waals surface area contributed by atoms with Gasteiger partial charge in [-0.15, -0.1) is 0 Å². The van der Waals surface area contributed by atoms with Crippen LogP contribution in [0.25, 0.3) is 10.9 Å². The van der Waals surface area contributed by atoms with E-state index in [1.807, 2.05) is 56.2 Å². The summed E-state index contributed by atoms with van der Waals surface area (Å²) in [5, 5.41) is 0.543. The van der Waals surface area contributed by atoms with Crippen LogP contribution in [0.4, 0.5) is 9.18 Å². The number of aryl methyl sites for hydroxylation is 1. The zero-order chi connectivity index (χ0) is 31.1. The molecule has 9 nitrogen and oxygen atoms in total. The normalized spacial score (nSPS) is 15.6. The Morgan fingerprint density at radius 1 is 1.19 bits per heavy atom. The largest absolute Gasteiger partial charge is 0.486 e. The number of amides is 2. The highest BCUT2D eigenvalue weighted by molar-refractivity contribution is 6.04. The van der Waals surface area contributed by atoms with Crippen LogP contribution in [-0.2, 0) is 22.6 Å². The number of fused-ring (bicyclic) bond motifs is 1. The summed E-state index contributed by atoms with van der Waals surface area (Å²) < 4.78 is 33.9. The van der Waals surface area contributed by atoms with Crippen molar-refractivity contribution in [1.29, 1.82) is 0 Å². The molecule has 1 aliphatic heterocycles. The zero-order valence-corrected chi connectivity index (χ0v) is 26.3. The Hall–Kier alpha value is -3.66. The van der Waals surface area contributed by atoms with Crippen molar-refractivity contribution < 1.29 is 28.2 Å². The molecule has 2 aromatic heterocycles. The maximum Gasteiger partial charge on any atom is 0.410 e. The van der Waals surface area contributed by atoms with Crippen LogP contribution in [0.15, 0.2) is 42.7 Å². The minimum Gasteiger partial charge on any atom is -0.486 e. The van der Waals surface area contributed by atoms with Crippen molar-refractivity contribution in [3.05, 3.63) is 59.8 Å². The predicted octanol–water partition coefficient (Wildman–Crippen LogP) is 6.43. The van der Waals surface area contributed by atoms with E-state index in [1.54, 1.807) is 30.5 Å². The van der Waals surface area contributed by atoms with Gasteiger partial charge in [0.2, 0.25) is 0 Å². The third-order valence-corrected chi connectivity index (χ3v) is 7.50. The van der Waals surface area contributed by atoms with Gasteiger partial charge in [0, 0.05) is 62.7 Å². The third-order valence-electron chi connectivity index (χ3n) is 7.50. The van der Waals surface area contributed by atoms with Gasteiger partial charge in [-0.3, -0.25) is 9.78 Å². The number of benzene rings is 1. The van der Waals surface area contributed by atoms with E-state index in [2.05, 4.69) is 4.98 Å². The van der Waals surface area contributed by atoms with Crippen molar-refractivity contribution in [2.75, 3.05) is 26.8 Å². The maximum atomic E-state index is 14.7. The number of unbranched alkanes of at least 4 members (excludes halogenated alkanes) is 1. The second kappa shape index (κ2) is 14.2. The van der Waals surface area contributed by atoms with Crippen LogP contribution in [0, 0.1) is 5.82 Å². The van der Waals surface area contributed by atoms with Crippen LogP contribution in [-0.4, -0.2) is 75.8 Å². The Labute approximate surface area is 253 Å². The molecule has 10 heteroatoms. The predicted molar refractivity (Wildman–Crippen MR) is 164 cm³/mol. The zero-order valence-electron chi connectivity index (χ0n) is 26.3. The number of carbonyl (C=O) groups excluding carboxylic acids is 2. The lowest BCUT2D eigenvalue weighted by atomic mass is 10.0. The number of rotatable bonds is 11. The number of piperidine rings is 1. The lowest BCUT2D eigenvalue weighted by molar-refractivity contribution is 0.00725. The first-order valence-electron chi connectivity index (χ1n) is 15.1. The SMILES string of the molecule is COCCCCn1c(C(=O)N(C(C)C)[C@@H]2CCCN(C(=O)OC(C)(C)C)C2)c(OCc2cccnc2)c2cc(F)ccc21. The monoisotopic (exact) mass is 596 g/mol. The van der Waals surface area contributed by atoms with Gasteiger partial charge in [-0.1, -0.05) is 6.07 Å². The topological polar surface area (TPSA) is 86.1 Å². The van der Waals surface area contributed by atoms with E-state index in [1.165, 1.54) is 12.1 Å². The van der Waals surface area contributed by atoms with Gasteiger partial charge in [-0.2, -0.15) is 0 Å². The Morgan fingerprint density at radius 3 is 2.65 bits per heavy atom. The molecule has 0 spiro atoms. The third kappa shape index (κ3) is 8.04. The first-order valence-corrected chi connectivity index (χ1v) is 15.1. The molecule has 0 bridgehead atoms. The maximum absolute atomic E-state index is 14.7. The first-order chi connectivity index (χ1) is 20.5. The molecule has 1 fully saturated rings. The molecule has 0 aliphatic carbocycles. The van der Waals surface area contributed by atoms with E-state index < -0.39 is 11.4 Å². The van der Waals surface area contributed by atoms with E-state index in [0.29, 0.717) is 43.1 Å². The van der Waals surface area contributed by atoms with Gasteiger partial charge in [-0.25, -0.2) is 9.18 Å². The Morgan fingerprint density at radius 2 is 1.98 bits per heavy atom. The molecule has 43 heavy (non-hydrogen) atoms. The van der Waals surface area contributed by atoms with Gasteiger partial charge < -0.3 is 28.6 Å². The molecule has 1 aliphatic rings. The van der Waals surface area contributed by atoms with E-state index in [4.69, 9.17) is 14.2 Å². The average molecular weight is 597 g/mol. The van der Waals surface area contributed by atoms with E-state index >= 15 is 0 Å². The minimum absolute atomic E-state index is 0.168. The van der Waals surface area contributed by atoms with Gasteiger partial charge in [0.15, 0.2) is 11.4 Å². The molecule has 3 heterocycles. The van der Waals surface area contributed by atoms with Gasteiger partial charge in [0.05, 0.1) is 11.6 Å². The highest BCUT2D eigenvalue weighted by atomic mass is 19.1. The molecule has 234 valence electrons. The highest BCUT2D eigenvalue weighted by Gasteiger charge is 2.37. The van der Waals surface area contributed by atoms with Crippen LogP contribution in [0.1, 0.15) is 76.4 Å². The number of halogens is 1. The molecule has 3 aromatic rings. The second-order valence-corrected chi connectivity index (χ2v) is 12.4. The molecule has 0 radical (unpaired) electrons. The molecule has 1 atom stereocenters. The summed E-state index contributed by atoms with van der Waals surface area (Å²) in [4.78, 5) is 35.4. The lowest BCUT2D eigenvalue weighted by Gasteiger charge is -2.41. The Balaban J connectivity index is 1.75. The van der Waals surface area contributed by atoms with Crippen LogP contribution >= 0.6 is 0 Å². The van der Waals surface area contributed by atoms with Gasteiger partial charge in [-0.05, 0) is 84.6 Å². The fourth-order valence-corrected chi connectivity index (χ4v) is 5.66. The number of methoxy groups -OCH3 is 1. The van der Waals surface area contributed by atoms with Crippen molar-refractivity contribution in [2.24, 2.45) is 0 Å². The molecular formula is C33H45FN4O5. The Kier molecular flexibility index (Phi) is 10.7.